The number of carbonyl (C=O) groups excluding carboxylic acids is 2. The monoisotopic (exact) mass is 478 g/mol. The number of hydrogen-bond acceptors (Lipinski definition) is 6. The molecule has 0 spiro atoms. The zero-order valence-electron chi connectivity index (χ0n) is 19.0. The van der Waals surface area contributed by atoms with Crippen molar-refractivity contribution in [3.63, 3.8) is 0 Å². The van der Waals surface area contributed by atoms with Gasteiger partial charge in [-0.05, 0) is 44.2 Å². The Morgan fingerprint density at radius 3 is 2.41 bits per heavy atom. The van der Waals surface area contributed by atoms with Crippen molar-refractivity contribution in [2.75, 3.05) is 12.4 Å². The van der Waals surface area contributed by atoms with Crippen LogP contribution in [0.15, 0.2) is 65.8 Å². The molecule has 0 amide bonds. The first kappa shape index (κ1) is 23.4. The van der Waals surface area contributed by atoms with Crippen molar-refractivity contribution in [1.82, 2.24) is 19.3 Å². The van der Waals surface area contributed by atoms with Crippen LogP contribution in [-0.4, -0.2) is 43.4 Å². The molecule has 174 valence electrons. The van der Waals surface area contributed by atoms with Crippen molar-refractivity contribution in [2.45, 2.75) is 19.0 Å². The number of esters is 1. The number of thioether (sulfide) groups is 1. The average molecular weight is 479 g/mol. The molecule has 34 heavy (non-hydrogen) atoms. The van der Waals surface area contributed by atoms with Crippen LogP contribution in [0.5, 0.6) is 0 Å². The molecule has 0 unspecified atom stereocenters. The summed E-state index contributed by atoms with van der Waals surface area (Å²) in [4.78, 5) is 24.9. The summed E-state index contributed by atoms with van der Waals surface area (Å²) in [6.45, 7) is 3.42. The molecule has 0 N–H and O–H groups in total. The number of nitrogens with zero attached hydrogens (tertiary/aromatic N) is 4. The lowest BCUT2D eigenvalue weighted by Crippen LogP contribution is -2.16. The van der Waals surface area contributed by atoms with E-state index in [0.29, 0.717) is 22.1 Å². The minimum atomic E-state index is -0.557. The Morgan fingerprint density at radius 2 is 1.74 bits per heavy atom. The summed E-state index contributed by atoms with van der Waals surface area (Å²) in [5.41, 5.74) is 3.34. The number of ether oxygens (including phenoxy) is 1. The predicted molar refractivity (Wildman–Crippen MR) is 128 cm³/mol. The third kappa shape index (κ3) is 4.79. The summed E-state index contributed by atoms with van der Waals surface area (Å²) in [6.07, 6.45) is 0. The first-order chi connectivity index (χ1) is 16.4. The van der Waals surface area contributed by atoms with Gasteiger partial charge in [0, 0.05) is 29.7 Å². The molecule has 0 atom stereocenters. The van der Waals surface area contributed by atoms with Crippen LogP contribution < -0.4 is 0 Å². The van der Waals surface area contributed by atoms with Gasteiger partial charge in [0.05, 0.1) is 11.3 Å². The molecule has 0 aliphatic heterocycles. The summed E-state index contributed by atoms with van der Waals surface area (Å²) in [5, 5.41) is 8.76. The molecule has 0 saturated heterocycles. The number of benzene rings is 2. The zero-order chi connectivity index (χ0) is 24.2. The van der Waals surface area contributed by atoms with Crippen molar-refractivity contribution < 1.29 is 18.7 Å². The maximum Gasteiger partial charge on any atom is 0.316 e. The van der Waals surface area contributed by atoms with Crippen molar-refractivity contribution in [1.29, 1.82) is 0 Å². The third-order valence-corrected chi connectivity index (χ3v) is 6.42. The molecule has 0 aliphatic carbocycles. The Balaban J connectivity index is 1.48. The van der Waals surface area contributed by atoms with E-state index in [9.17, 15) is 14.0 Å². The van der Waals surface area contributed by atoms with Crippen molar-refractivity contribution in [3.8, 4) is 17.1 Å². The highest BCUT2D eigenvalue weighted by atomic mass is 32.2. The van der Waals surface area contributed by atoms with Gasteiger partial charge in [0.25, 0.3) is 0 Å². The number of para-hydroxylation sites is 1. The number of aryl methyl sites for hydroxylation is 1. The van der Waals surface area contributed by atoms with Gasteiger partial charge in [-0.15, -0.1) is 10.2 Å². The molecule has 7 nitrogen and oxygen atoms in total. The van der Waals surface area contributed by atoms with Crippen LogP contribution in [-0.2, 0) is 16.6 Å². The van der Waals surface area contributed by atoms with Gasteiger partial charge in [-0.2, -0.15) is 0 Å². The standard InChI is InChI=1S/C25H23FN4O3S/c1-16-13-20(17(2)29(16)3)22(31)14-33-23(32)15-34-25-28-27-24(19-11-7-8-12-21(19)26)30(25)18-9-5-4-6-10-18/h4-13H,14-15H2,1-3H3. The Morgan fingerprint density at radius 1 is 1.03 bits per heavy atom. The van der Waals surface area contributed by atoms with Gasteiger partial charge in [0.1, 0.15) is 5.82 Å². The van der Waals surface area contributed by atoms with Crippen LogP contribution >= 0.6 is 11.8 Å². The lowest BCUT2D eigenvalue weighted by molar-refractivity contribution is -0.139. The van der Waals surface area contributed by atoms with Crippen molar-refractivity contribution in [2.24, 2.45) is 7.05 Å². The maximum atomic E-state index is 14.5. The van der Waals surface area contributed by atoms with E-state index >= 15 is 0 Å². The summed E-state index contributed by atoms with van der Waals surface area (Å²) in [5.74, 6) is -0.992. The van der Waals surface area contributed by atoms with E-state index in [4.69, 9.17) is 4.74 Å². The second-order valence-electron chi connectivity index (χ2n) is 7.67. The van der Waals surface area contributed by atoms with E-state index in [0.717, 1.165) is 28.8 Å². The summed E-state index contributed by atoms with van der Waals surface area (Å²) in [7, 11) is 1.88. The minimum Gasteiger partial charge on any atom is -0.457 e. The fourth-order valence-corrected chi connectivity index (χ4v) is 4.27. The Kier molecular flexibility index (Phi) is 6.93. The van der Waals surface area contributed by atoms with Crippen LogP contribution in [0.2, 0.25) is 0 Å². The molecule has 4 rings (SSSR count). The Labute approximate surface area is 200 Å². The summed E-state index contributed by atoms with van der Waals surface area (Å²) >= 11 is 1.11. The van der Waals surface area contributed by atoms with E-state index < -0.39 is 11.8 Å². The SMILES string of the molecule is Cc1cc(C(=O)COC(=O)CSc2nnc(-c3ccccc3F)n2-c2ccccc2)c(C)n1C. The summed E-state index contributed by atoms with van der Waals surface area (Å²) in [6, 6.07) is 17.4. The van der Waals surface area contributed by atoms with Gasteiger partial charge < -0.3 is 9.30 Å². The number of carbonyl (C=O) groups is 2. The largest absolute Gasteiger partial charge is 0.457 e. The molecule has 0 bridgehead atoms. The van der Waals surface area contributed by atoms with Crippen molar-refractivity contribution in [3.05, 3.63) is 83.4 Å². The molecular formula is C25H23FN4O3S. The smallest absolute Gasteiger partial charge is 0.316 e. The van der Waals surface area contributed by atoms with Crippen LogP contribution in [0.4, 0.5) is 4.39 Å². The number of rotatable bonds is 8. The fourth-order valence-electron chi connectivity index (χ4n) is 3.52. The van der Waals surface area contributed by atoms with E-state index in [1.165, 1.54) is 6.07 Å². The second kappa shape index (κ2) is 10.0. The number of Topliss-reactive ketones (excluding diaryl/α,β-unsaturated/α-hetero) is 1. The lowest BCUT2D eigenvalue weighted by atomic mass is 10.1. The first-order valence-corrected chi connectivity index (χ1v) is 11.6. The van der Waals surface area contributed by atoms with Gasteiger partial charge in [-0.1, -0.05) is 42.1 Å². The van der Waals surface area contributed by atoms with Gasteiger partial charge in [-0.3, -0.25) is 14.2 Å². The lowest BCUT2D eigenvalue weighted by Gasteiger charge is -2.10. The first-order valence-electron chi connectivity index (χ1n) is 10.6. The molecule has 2 heterocycles. The Bertz CT molecular complexity index is 1350. The molecule has 4 aromatic rings. The number of hydrogen-bond donors (Lipinski definition) is 0. The highest BCUT2D eigenvalue weighted by Gasteiger charge is 2.20. The van der Waals surface area contributed by atoms with Crippen LogP contribution in [0.25, 0.3) is 17.1 Å². The van der Waals surface area contributed by atoms with E-state index in [-0.39, 0.29) is 18.1 Å². The van der Waals surface area contributed by atoms with Crippen LogP contribution in [0.3, 0.4) is 0 Å². The Hall–Kier alpha value is -3.72. The normalized spacial score (nSPS) is 10.9. The van der Waals surface area contributed by atoms with Gasteiger partial charge >= 0.3 is 5.97 Å². The average Bonchev–Trinajstić information content (AvgIpc) is 3.38. The van der Waals surface area contributed by atoms with Gasteiger partial charge in [0.2, 0.25) is 5.78 Å². The predicted octanol–water partition coefficient (Wildman–Crippen LogP) is 4.55. The highest BCUT2D eigenvalue weighted by Crippen LogP contribution is 2.29. The second-order valence-corrected chi connectivity index (χ2v) is 8.62. The topological polar surface area (TPSA) is 79.0 Å². The maximum absolute atomic E-state index is 14.5. The molecular weight excluding hydrogens is 455 g/mol. The molecule has 0 saturated carbocycles. The number of aromatic nitrogens is 4. The fraction of sp³-hybridized carbons (Fsp3) is 0.200. The highest BCUT2D eigenvalue weighted by molar-refractivity contribution is 7.99. The summed E-state index contributed by atoms with van der Waals surface area (Å²) < 4.78 is 23.3. The molecule has 0 radical (unpaired) electrons. The molecule has 2 aromatic carbocycles. The van der Waals surface area contributed by atoms with Crippen LogP contribution in [0.1, 0.15) is 21.7 Å². The number of halogens is 1. The molecule has 9 heteroatoms. The van der Waals surface area contributed by atoms with E-state index in [1.807, 2.05) is 55.8 Å². The van der Waals surface area contributed by atoms with Gasteiger partial charge in [0.15, 0.2) is 17.6 Å². The molecule has 0 fully saturated rings. The number of ketones is 1. The zero-order valence-corrected chi connectivity index (χ0v) is 19.8. The molecule has 0 aliphatic rings. The van der Waals surface area contributed by atoms with Crippen LogP contribution in [0, 0.1) is 19.7 Å². The van der Waals surface area contributed by atoms with E-state index in [1.54, 1.807) is 28.8 Å². The minimum absolute atomic E-state index is 0.0810. The van der Waals surface area contributed by atoms with Crippen molar-refractivity contribution >= 4 is 23.5 Å². The van der Waals surface area contributed by atoms with Gasteiger partial charge in [-0.25, -0.2) is 4.39 Å². The quantitative estimate of drug-likeness (QED) is 0.210. The van der Waals surface area contributed by atoms with E-state index in [2.05, 4.69) is 10.2 Å². The molecule has 2 aromatic heterocycles. The third-order valence-electron chi connectivity index (χ3n) is 5.52.